The molecule has 1 aliphatic heterocycles. The van der Waals surface area contributed by atoms with Gasteiger partial charge in [-0.25, -0.2) is 9.78 Å². The third kappa shape index (κ3) is 3.05. The van der Waals surface area contributed by atoms with E-state index in [-0.39, 0.29) is 24.1 Å². The molecular formula is C17H17N5O3S. The number of nitrogens with one attached hydrogen (secondary N) is 1. The van der Waals surface area contributed by atoms with Crippen LogP contribution in [0.4, 0.5) is 0 Å². The smallest absolute Gasteiger partial charge is 0.369 e. The quantitative estimate of drug-likeness (QED) is 0.688. The summed E-state index contributed by atoms with van der Waals surface area (Å²) in [6, 6.07) is 5.51. The Labute approximate surface area is 153 Å². The van der Waals surface area contributed by atoms with Crippen molar-refractivity contribution in [3.63, 3.8) is 0 Å². The van der Waals surface area contributed by atoms with Crippen LogP contribution in [0.5, 0.6) is 0 Å². The van der Waals surface area contributed by atoms with Crippen molar-refractivity contribution >= 4 is 34.2 Å². The first-order valence-electron chi connectivity index (χ1n) is 8.42. The molecule has 3 heterocycles. The van der Waals surface area contributed by atoms with Crippen LogP contribution in [-0.2, 0) is 24.2 Å². The van der Waals surface area contributed by atoms with Crippen molar-refractivity contribution in [2.24, 2.45) is 0 Å². The molecule has 0 spiro atoms. The fourth-order valence-electron chi connectivity index (χ4n) is 3.01. The van der Waals surface area contributed by atoms with E-state index in [2.05, 4.69) is 25.1 Å². The van der Waals surface area contributed by atoms with Crippen LogP contribution in [0.1, 0.15) is 44.3 Å². The number of esters is 1. The fourth-order valence-corrected chi connectivity index (χ4v) is 3.68. The monoisotopic (exact) mass is 371 g/mol. The Bertz CT molecular complexity index is 994. The average Bonchev–Trinajstić information content (AvgIpc) is 3.35. The molecule has 0 bridgehead atoms. The van der Waals surface area contributed by atoms with E-state index >= 15 is 0 Å². The lowest BCUT2D eigenvalue weighted by Crippen LogP contribution is -2.22. The fraction of sp³-hybridized carbons (Fsp3) is 0.353. The molecule has 0 fully saturated rings. The number of rotatable bonds is 5. The summed E-state index contributed by atoms with van der Waals surface area (Å²) in [7, 11) is 0. The van der Waals surface area contributed by atoms with Gasteiger partial charge in [-0.15, -0.1) is 10.2 Å². The van der Waals surface area contributed by atoms with Crippen LogP contribution in [-0.4, -0.2) is 38.2 Å². The van der Waals surface area contributed by atoms with Gasteiger partial charge in [0.05, 0.1) is 24.2 Å². The second-order valence-corrected chi connectivity index (χ2v) is 6.95. The summed E-state index contributed by atoms with van der Waals surface area (Å²) in [6.07, 6.45) is 2.07. The Balaban J connectivity index is 1.45. The van der Waals surface area contributed by atoms with Crippen LogP contribution in [0.15, 0.2) is 18.2 Å². The molecule has 4 rings (SSSR count). The summed E-state index contributed by atoms with van der Waals surface area (Å²) in [5.41, 5.74) is 2.48. The highest BCUT2D eigenvalue weighted by Crippen LogP contribution is 2.23. The molecule has 8 nitrogen and oxygen atoms in total. The van der Waals surface area contributed by atoms with Crippen LogP contribution in [0.3, 0.4) is 0 Å². The van der Waals surface area contributed by atoms with E-state index in [1.165, 1.54) is 0 Å². The van der Waals surface area contributed by atoms with Crippen molar-refractivity contribution in [1.29, 1.82) is 0 Å². The number of hydrogen-bond donors (Lipinski definition) is 1. The Morgan fingerprint density at radius 2 is 2.23 bits per heavy atom. The number of imidazole rings is 1. The van der Waals surface area contributed by atoms with Crippen LogP contribution in [0.25, 0.3) is 11.0 Å². The van der Waals surface area contributed by atoms with Crippen LogP contribution >= 0.6 is 11.3 Å². The predicted molar refractivity (Wildman–Crippen MR) is 95.1 cm³/mol. The third-order valence-electron chi connectivity index (χ3n) is 4.19. The number of ether oxygens (including phenoxy) is 1. The zero-order valence-electron chi connectivity index (χ0n) is 14.2. The summed E-state index contributed by atoms with van der Waals surface area (Å²) in [6.45, 7) is 3.16. The second-order valence-electron chi connectivity index (χ2n) is 5.89. The van der Waals surface area contributed by atoms with Gasteiger partial charge in [0, 0.05) is 18.5 Å². The molecule has 2 aromatic heterocycles. The SMILES string of the molecule is CCOC(=O)c1nnc(CNC(=O)c2ccc3nc4n(c3c2)CCC4)s1. The molecule has 1 N–H and O–H groups in total. The van der Waals surface area contributed by atoms with E-state index in [4.69, 9.17) is 4.74 Å². The van der Waals surface area contributed by atoms with E-state index in [0.717, 1.165) is 47.6 Å². The highest BCUT2D eigenvalue weighted by molar-refractivity contribution is 7.13. The van der Waals surface area contributed by atoms with E-state index < -0.39 is 5.97 Å². The Morgan fingerprint density at radius 3 is 3.08 bits per heavy atom. The summed E-state index contributed by atoms with van der Waals surface area (Å²) in [5, 5.41) is 11.3. The number of hydrogen-bond acceptors (Lipinski definition) is 7. The minimum absolute atomic E-state index is 0.187. The number of aromatic nitrogens is 4. The Hall–Kier alpha value is -2.81. The van der Waals surface area contributed by atoms with Gasteiger partial charge in [0.15, 0.2) is 0 Å². The molecule has 9 heteroatoms. The van der Waals surface area contributed by atoms with Crippen molar-refractivity contribution in [1.82, 2.24) is 25.1 Å². The molecule has 0 unspecified atom stereocenters. The van der Waals surface area contributed by atoms with Crippen molar-refractivity contribution in [2.45, 2.75) is 32.9 Å². The van der Waals surface area contributed by atoms with Crippen molar-refractivity contribution in [2.75, 3.05) is 6.61 Å². The summed E-state index contributed by atoms with van der Waals surface area (Å²) in [4.78, 5) is 28.6. The third-order valence-corrected chi connectivity index (χ3v) is 5.09. The van der Waals surface area contributed by atoms with E-state index in [1.807, 2.05) is 12.1 Å². The highest BCUT2D eigenvalue weighted by atomic mass is 32.1. The molecule has 26 heavy (non-hydrogen) atoms. The molecule has 1 aromatic carbocycles. The second kappa shape index (κ2) is 6.83. The van der Waals surface area contributed by atoms with Crippen LogP contribution < -0.4 is 5.32 Å². The number of carbonyl (C=O) groups excluding carboxylic acids is 2. The molecule has 1 amide bonds. The molecular weight excluding hydrogens is 354 g/mol. The normalized spacial score (nSPS) is 13.0. The summed E-state index contributed by atoms with van der Waals surface area (Å²) >= 11 is 1.11. The van der Waals surface area contributed by atoms with Gasteiger partial charge in [-0.1, -0.05) is 11.3 Å². The van der Waals surface area contributed by atoms with E-state index in [9.17, 15) is 9.59 Å². The Morgan fingerprint density at radius 1 is 1.35 bits per heavy atom. The van der Waals surface area contributed by atoms with Crippen LogP contribution in [0.2, 0.25) is 0 Å². The number of nitrogens with zero attached hydrogens (tertiary/aromatic N) is 4. The topological polar surface area (TPSA) is 99.0 Å². The Kier molecular flexibility index (Phi) is 4.37. The van der Waals surface area contributed by atoms with E-state index in [1.54, 1.807) is 13.0 Å². The summed E-state index contributed by atoms with van der Waals surface area (Å²) < 4.78 is 7.05. The standard InChI is InChI=1S/C17H17N5O3S/c1-2-25-17(24)16-21-20-14(26-16)9-18-15(23)10-5-6-11-12(8-10)22-7-3-4-13(22)19-11/h5-6,8H,2-4,7,9H2,1H3,(H,18,23). The number of amides is 1. The lowest BCUT2D eigenvalue weighted by atomic mass is 10.2. The van der Waals surface area contributed by atoms with Gasteiger partial charge in [0.1, 0.15) is 10.8 Å². The van der Waals surface area contributed by atoms with Gasteiger partial charge < -0.3 is 14.6 Å². The maximum atomic E-state index is 12.5. The number of carbonyl (C=O) groups is 2. The first-order chi connectivity index (χ1) is 12.7. The molecule has 1 aliphatic rings. The maximum Gasteiger partial charge on any atom is 0.369 e. The lowest BCUT2D eigenvalue weighted by molar-refractivity contribution is 0.0525. The van der Waals surface area contributed by atoms with Gasteiger partial charge >= 0.3 is 5.97 Å². The molecule has 0 saturated carbocycles. The minimum Gasteiger partial charge on any atom is -0.461 e. The first-order valence-corrected chi connectivity index (χ1v) is 9.24. The van der Waals surface area contributed by atoms with Crippen molar-refractivity contribution in [3.05, 3.63) is 39.6 Å². The van der Waals surface area contributed by atoms with Crippen molar-refractivity contribution < 1.29 is 14.3 Å². The zero-order chi connectivity index (χ0) is 18.1. The summed E-state index contributed by atoms with van der Waals surface area (Å²) in [5.74, 6) is 0.383. The molecule has 134 valence electrons. The van der Waals surface area contributed by atoms with Crippen molar-refractivity contribution in [3.8, 4) is 0 Å². The van der Waals surface area contributed by atoms with Gasteiger partial charge in [-0.05, 0) is 31.5 Å². The minimum atomic E-state index is -0.498. The average molecular weight is 371 g/mol. The molecule has 0 atom stereocenters. The zero-order valence-corrected chi connectivity index (χ0v) is 15.0. The lowest BCUT2D eigenvalue weighted by Gasteiger charge is -2.04. The number of aryl methyl sites for hydroxylation is 2. The van der Waals surface area contributed by atoms with E-state index in [0.29, 0.717) is 10.6 Å². The van der Waals surface area contributed by atoms with Gasteiger partial charge in [-0.2, -0.15) is 0 Å². The molecule has 0 saturated heterocycles. The maximum absolute atomic E-state index is 12.5. The number of fused-ring (bicyclic) bond motifs is 3. The molecule has 3 aromatic rings. The van der Waals surface area contributed by atoms with Gasteiger partial charge in [-0.3, -0.25) is 4.79 Å². The van der Waals surface area contributed by atoms with Gasteiger partial charge in [0.2, 0.25) is 5.01 Å². The first kappa shape index (κ1) is 16.6. The van der Waals surface area contributed by atoms with Crippen LogP contribution in [0, 0.1) is 0 Å². The largest absolute Gasteiger partial charge is 0.461 e. The predicted octanol–water partition coefficient (Wildman–Crippen LogP) is 1.94. The highest BCUT2D eigenvalue weighted by Gasteiger charge is 2.18. The van der Waals surface area contributed by atoms with Gasteiger partial charge in [0.25, 0.3) is 5.91 Å². The molecule has 0 radical (unpaired) electrons. The molecule has 0 aliphatic carbocycles. The number of benzene rings is 1.